The Bertz CT molecular complexity index is 1620. The van der Waals surface area contributed by atoms with E-state index in [-0.39, 0.29) is 17.5 Å². The van der Waals surface area contributed by atoms with Crippen LogP contribution in [0.1, 0.15) is 19.5 Å². The first kappa shape index (κ1) is 24.3. The Balaban J connectivity index is 1.83. The van der Waals surface area contributed by atoms with Crippen molar-refractivity contribution in [1.29, 1.82) is 0 Å². The van der Waals surface area contributed by atoms with E-state index in [0.717, 1.165) is 11.4 Å². The number of hydrogen-bond donors (Lipinski definition) is 1. The molecular formula is C28H24F3N5O. The number of ether oxygens (including phenoxy) is 1. The van der Waals surface area contributed by atoms with Gasteiger partial charge >= 0.3 is 6.36 Å². The number of nitrogens with one attached hydrogen (secondary N) is 1. The number of rotatable bonds is 5. The molecule has 0 saturated carbocycles. The Morgan fingerprint density at radius 1 is 0.946 bits per heavy atom. The van der Waals surface area contributed by atoms with Crippen LogP contribution in [0.15, 0.2) is 84.0 Å². The Hall–Kier alpha value is -4.40. The summed E-state index contributed by atoms with van der Waals surface area (Å²) in [6, 6.07) is 20.8. The molecule has 9 heteroatoms. The fourth-order valence-electron chi connectivity index (χ4n) is 4.20. The smallest absolute Gasteiger partial charge is 0.404 e. The predicted octanol–water partition coefficient (Wildman–Crippen LogP) is 6.79. The number of aromatic nitrogens is 3. The number of halogens is 3. The van der Waals surface area contributed by atoms with Crippen LogP contribution in [0.25, 0.3) is 28.1 Å². The number of benzene rings is 3. The van der Waals surface area contributed by atoms with Crippen LogP contribution in [-0.4, -0.2) is 26.9 Å². The second-order valence-corrected chi connectivity index (χ2v) is 8.79. The quantitative estimate of drug-likeness (QED) is 0.268. The van der Waals surface area contributed by atoms with E-state index in [1.807, 2.05) is 69.3 Å². The van der Waals surface area contributed by atoms with Crippen LogP contribution >= 0.6 is 0 Å². The molecule has 3 aromatic rings. The molecule has 0 radical (unpaired) electrons. The van der Waals surface area contributed by atoms with E-state index in [0.29, 0.717) is 33.5 Å². The van der Waals surface area contributed by atoms with Crippen molar-refractivity contribution in [2.24, 2.45) is 4.99 Å². The molecule has 2 aliphatic rings. The normalized spacial score (nSPS) is 12.5. The van der Waals surface area contributed by atoms with E-state index in [2.05, 4.69) is 15.0 Å². The van der Waals surface area contributed by atoms with Crippen molar-refractivity contribution in [1.82, 2.24) is 14.5 Å². The molecule has 1 aliphatic heterocycles. The highest BCUT2D eigenvalue weighted by Gasteiger charge is 2.32. The fourth-order valence-corrected chi connectivity index (χ4v) is 4.20. The van der Waals surface area contributed by atoms with E-state index in [1.165, 1.54) is 12.1 Å². The van der Waals surface area contributed by atoms with Crippen LogP contribution in [0, 0.1) is 6.92 Å². The highest BCUT2D eigenvalue weighted by atomic mass is 19.4. The molecule has 2 heterocycles. The first-order valence-corrected chi connectivity index (χ1v) is 11.7. The zero-order valence-electron chi connectivity index (χ0n) is 20.4. The van der Waals surface area contributed by atoms with Gasteiger partial charge in [-0.3, -0.25) is 9.98 Å². The lowest BCUT2D eigenvalue weighted by Gasteiger charge is -2.22. The van der Waals surface area contributed by atoms with Crippen molar-refractivity contribution >= 4 is 22.4 Å². The first-order valence-electron chi connectivity index (χ1n) is 11.7. The van der Waals surface area contributed by atoms with Crippen molar-refractivity contribution in [3.63, 3.8) is 0 Å². The lowest BCUT2D eigenvalue weighted by molar-refractivity contribution is -0.274. The number of hydrogen-bond acceptors (Lipinski definition) is 5. The second-order valence-electron chi connectivity index (χ2n) is 8.79. The summed E-state index contributed by atoms with van der Waals surface area (Å²) in [6.45, 7) is 5.82. The molecule has 6 nitrogen and oxygen atoms in total. The van der Waals surface area contributed by atoms with Gasteiger partial charge in [-0.05, 0) is 69.3 Å². The number of alkyl halides is 3. The Labute approximate surface area is 211 Å². The molecule has 5 rings (SSSR count). The topological polar surface area (TPSA) is 64.3 Å². The van der Waals surface area contributed by atoms with Crippen molar-refractivity contribution in [3.8, 4) is 22.8 Å². The molecule has 0 bridgehead atoms. The second kappa shape index (κ2) is 9.57. The predicted molar refractivity (Wildman–Crippen MR) is 137 cm³/mol. The summed E-state index contributed by atoms with van der Waals surface area (Å²) in [5.74, 6) is -0.312. The molecule has 2 aromatic carbocycles. The molecule has 0 fully saturated rings. The van der Waals surface area contributed by atoms with Crippen LogP contribution in [0.4, 0.5) is 24.5 Å². The molecule has 0 unspecified atom stereocenters. The van der Waals surface area contributed by atoms with Gasteiger partial charge < -0.3 is 14.6 Å². The van der Waals surface area contributed by atoms with Gasteiger partial charge in [0.1, 0.15) is 0 Å². The zero-order valence-corrected chi connectivity index (χ0v) is 20.4. The summed E-state index contributed by atoms with van der Waals surface area (Å²) < 4.78 is 46.0. The summed E-state index contributed by atoms with van der Waals surface area (Å²) >= 11 is 0. The average molecular weight is 504 g/mol. The third-order valence-electron chi connectivity index (χ3n) is 5.70. The summed E-state index contributed by atoms with van der Waals surface area (Å²) in [5.41, 5.74) is 5.00. The van der Waals surface area contributed by atoms with Crippen molar-refractivity contribution < 1.29 is 17.9 Å². The van der Waals surface area contributed by atoms with Crippen LogP contribution in [0.3, 0.4) is 0 Å². The molecule has 37 heavy (non-hydrogen) atoms. The summed E-state index contributed by atoms with van der Waals surface area (Å²) in [5, 5.41) is 4.05. The van der Waals surface area contributed by atoms with Gasteiger partial charge in [-0.2, -0.15) is 0 Å². The summed E-state index contributed by atoms with van der Waals surface area (Å²) in [4.78, 5) is 14.0. The minimum atomic E-state index is -4.84. The maximum atomic E-state index is 13.3. The van der Waals surface area contributed by atoms with Crippen LogP contribution in [0.2, 0.25) is 0 Å². The zero-order chi connectivity index (χ0) is 26.2. The van der Waals surface area contributed by atoms with Crippen molar-refractivity contribution in [2.45, 2.75) is 33.2 Å². The van der Waals surface area contributed by atoms with Gasteiger partial charge in [-0.15, -0.1) is 13.2 Å². The Morgan fingerprint density at radius 3 is 2.46 bits per heavy atom. The van der Waals surface area contributed by atoms with Crippen molar-refractivity contribution in [2.75, 3.05) is 5.32 Å². The van der Waals surface area contributed by atoms with E-state index in [9.17, 15) is 13.2 Å². The highest BCUT2D eigenvalue weighted by molar-refractivity contribution is 5.85. The Kier molecular flexibility index (Phi) is 6.29. The SMILES string of the molecule is Cc1ncccc1Nc1cc2nc3ccccc3n(-c3ccccc3OC(F)(F)F)c-2cc1=NC(C)C. The molecule has 0 atom stereocenters. The van der Waals surface area contributed by atoms with E-state index >= 15 is 0 Å². The lowest BCUT2D eigenvalue weighted by atomic mass is 10.1. The van der Waals surface area contributed by atoms with Gasteiger partial charge in [-0.25, -0.2) is 4.98 Å². The van der Waals surface area contributed by atoms with Gasteiger partial charge in [-0.1, -0.05) is 24.3 Å². The minimum absolute atomic E-state index is 0.0318. The standard InChI is InChI=1S/C28H24F3N5O/c1-17(2)33-22-16-26-23(15-21(22)34-19-10-8-14-32-18(19)3)35-20-9-4-5-11-24(20)36(26)25-12-6-7-13-27(25)37-28(29,30)31/h4-17,34H,1-3H3. The number of pyridine rings is 1. The van der Waals surface area contributed by atoms with Crippen LogP contribution < -0.4 is 15.4 Å². The third kappa shape index (κ3) is 5.11. The molecule has 1 aromatic heterocycles. The summed E-state index contributed by atoms with van der Waals surface area (Å²) in [6.07, 6.45) is -3.12. The molecule has 188 valence electrons. The van der Waals surface area contributed by atoms with Gasteiger partial charge in [0.25, 0.3) is 0 Å². The molecule has 0 spiro atoms. The van der Waals surface area contributed by atoms with E-state index in [1.54, 1.807) is 22.9 Å². The molecule has 0 saturated heterocycles. The highest BCUT2D eigenvalue weighted by Crippen LogP contribution is 2.36. The molecule has 1 aliphatic carbocycles. The number of para-hydroxylation sites is 4. The Morgan fingerprint density at radius 2 is 1.70 bits per heavy atom. The largest absolute Gasteiger partial charge is 0.573 e. The molecule has 1 N–H and O–H groups in total. The van der Waals surface area contributed by atoms with Crippen molar-refractivity contribution in [3.05, 3.63) is 90.0 Å². The first-order chi connectivity index (χ1) is 17.7. The number of fused-ring (bicyclic) bond motifs is 2. The molecular weight excluding hydrogens is 479 g/mol. The maximum Gasteiger partial charge on any atom is 0.573 e. The maximum absolute atomic E-state index is 13.3. The van der Waals surface area contributed by atoms with Gasteiger partial charge in [0.2, 0.25) is 0 Å². The van der Waals surface area contributed by atoms with E-state index < -0.39 is 6.36 Å². The fraction of sp³-hybridized carbons (Fsp3) is 0.179. The average Bonchev–Trinajstić information content (AvgIpc) is 2.84. The van der Waals surface area contributed by atoms with Gasteiger partial charge in [0, 0.05) is 12.2 Å². The van der Waals surface area contributed by atoms with E-state index in [4.69, 9.17) is 9.98 Å². The van der Waals surface area contributed by atoms with Gasteiger partial charge in [0.05, 0.1) is 50.5 Å². The van der Waals surface area contributed by atoms with Gasteiger partial charge in [0.15, 0.2) is 5.75 Å². The number of aryl methyl sites for hydroxylation is 1. The third-order valence-corrected chi connectivity index (χ3v) is 5.70. The summed E-state index contributed by atoms with van der Waals surface area (Å²) in [7, 11) is 0. The number of nitrogens with zero attached hydrogens (tertiary/aromatic N) is 4. The number of anilines is 2. The minimum Gasteiger partial charge on any atom is -0.404 e. The monoisotopic (exact) mass is 503 g/mol. The molecule has 0 amide bonds. The lowest BCUT2D eigenvalue weighted by Crippen LogP contribution is -2.20. The van der Waals surface area contributed by atoms with Crippen LogP contribution in [-0.2, 0) is 0 Å². The van der Waals surface area contributed by atoms with Crippen LogP contribution in [0.5, 0.6) is 5.75 Å².